The van der Waals surface area contributed by atoms with E-state index in [-0.39, 0.29) is 6.04 Å². The van der Waals surface area contributed by atoms with Crippen molar-refractivity contribution in [2.75, 3.05) is 6.54 Å². The summed E-state index contributed by atoms with van der Waals surface area (Å²) in [6.45, 7) is 2.86. The van der Waals surface area contributed by atoms with Crippen molar-refractivity contribution in [3.05, 3.63) is 11.3 Å². The zero-order valence-corrected chi connectivity index (χ0v) is 6.75. The Labute approximate surface area is 66.4 Å². The van der Waals surface area contributed by atoms with Gasteiger partial charge in [-0.3, -0.25) is 0 Å². The van der Waals surface area contributed by atoms with Crippen LogP contribution in [-0.2, 0) is 0 Å². The molecule has 2 rings (SSSR count). The van der Waals surface area contributed by atoms with Gasteiger partial charge in [0.25, 0.3) is 0 Å². The SMILES string of the molecule is C[C@H]1CCC2=C1[C@H](CN)N=N2. The highest BCUT2D eigenvalue weighted by atomic mass is 15.2. The normalized spacial score (nSPS) is 35.1. The number of allylic oxidation sites excluding steroid dienone is 1. The van der Waals surface area contributed by atoms with Crippen LogP contribution in [0.1, 0.15) is 19.8 Å². The molecule has 1 aliphatic heterocycles. The summed E-state index contributed by atoms with van der Waals surface area (Å²) in [4.78, 5) is 0. The van der Waals surface area contributed by atoms with E-state index in [4.69, 9.17) is 5.73 Å². The van der Waals surface area contributed by atoms with Crippen LogP contribution in [0.2, 0.25) is 0 Å². The Hall–Kier alpha value is -0.700. The largest absolute Gasteiger partial charge is 0.328 e. The van der Waals surface area contributed by atoms with Crippen LogP contribution in [0, 0.1) is 5.92 Å². The second-order valence-electron chi connectivity index (χ2n) is 3.31. The summed E-state index contributed by atoms with van der Waals surface area (Å²) in [5.74, 6) is 0.661. The minimum atomic E-state index is 0.211. The molecule has 0 saturated carbocycles. The highest BCUT2D eigenvalue weighted by Gasteiger charge is 2.31. The first-order valence-electron chi connectivity index (χ1n) is 4.16. The fourth-order valence-corrected chi connectivity index (χ4v) is 1.94. The average Bonchev–Trinajstić information content (AvgIpc) is 2.54. The lowest BCUT2D eigenvalue weighted by Gasteiger charge is -2.11. The van der Waals surface area contributed by atoms with E-state index in [1.165, 1.54) is 17.7 Å². The third-order valence-corrected chi connectivity index (χ3v) is 2.58. The molecule has 0 bridgehead atoms. The highest BCUT2D eigenvalue weighted by Crippen LogP contribution is 2.39. The Morgan fingerprint density at radius 2 is 2.45 bits per heavy atom. The van der Waals surface area contributed by atoms with E-state index in [2.05, 4.69) is 17.2 Å². The molecule has 1 aliphatic carbocycles. The van der Waals surface area contributed by atoms with Crippen LogP contribution < -0.4 is 5.73 Å². The Morgan fingerprint density at radius 3 is 3.18 bits per heavy atom. The molecule has 2 aliphatic rings. The van der Waals surface area contributed by atoms with Gasteiger partial charge in [-0.1, -0.05) is 6.92 Å². The van der Waals surface area contributed by atoms with E-state index >= 15 is 0 Å². The predicted octanol–water partition coefficient (Wildman–Crippen LogP) is 1.46. The van der Waals surface area contributed by atoms with Crippen LogP contribution in [0.3, 0.4) is 0 Å². The van der Waals surface area contributed by atoms with E-state index < -0.39 is 0 Å². The lowest BCUT2D eigenvalue weighted by Crippen LogP contribution is -2.20. The molecule has 0 radical (unpaired) electrons. The predicted molar refractivity (Wildman–Crippen MR) is 43.1 cm³/mol. The smallest absolute Gasteiger partial charge is 0.107 e. The first-order chi connectivity index (χ1) is 5.33. The van der Waals surface area contributed by atoms with Crippen molar-refractivity contribution in [2.45, 2.75) is 25.8 Å². The van der Waals surface area contributed by atoms with Crippen molar-refractivity contribution in [1.29, 1.82) is 0 Å². The number of hydrogen-bond acceptors (Lipinski definition) is 3. The molecule has 1 heterocycles. The molecule has 2 N–H and O–H groups in total. The Balaban J connectivity index is 2.26. The van der Waals surface area contributed by atoms with Gasteiger partial charge in [0.2, 0.25) is 0 Å². The standard InChI is InChI=1S/C8H13N3/c1-5-2-3-6-8(5)7(4-9)11-10-6/h5,7H,2-4,9H2,1H3/t5-,7-/m0/s1. The summed E-state index contributed by atoms with van der Waals surface area (Å²) in [6, 6.07) is 0.211. The maximum absolute atomic E-state index is 5.56. The summed E-state index contributed by atoms with van der Waals surface area (Å²) < 4.78 is 0. The Morgan fingerprint density at radius 1 is 1.64 bits per heavy atom. The lowest BCUT2D eigenvalue weighted by molar-refractivity contribution is 0.597. The molecule has 0 saturated heterocycles. The van der Waals surface area contributed by atoms with Crippen molar-refractivity contribution in [1.82, 2.24) is 0 Å². The Bertz CT molecular complexity index is 229. The molecular weight excluding hydrogens is 138 g/mol. The Kier molecular flexibility index (Phi) is 1.53. The van der Waals surface area contributed by atoms with Gasteiger partial charge >= 0.3 is 0 Å². The molecule has 0 spiro atoms. The van der Waals surface area contributed by atoms with Crippen LogP contribution in [-0.4, -0.2) is 12.6 Å². The van der Waals surface area contributed by atoms with Crippen molar-refractivity contribution < 1.29 is 0 Å². The zero-order valence-electron chi connectivity index (χ0n) is 6.75. The molecule has 0 aromatic rings. The number of nitrogens with two attached hydrogens (primary N) is 1. The van der Waals surface area contributed by atoms with E-state index in [0.29, 0.717) is 12.5 Å². The summed E-state index contributed by atoms with van der Waals surface area (Å²) in [7, 11) is 0. The lowest BCUT2D eigenvalue weighted by atomic mass is 9.98. The molecule has 0 unspecified atom stereocenters. The van der Waals surface area contributed by atoms with Gasteiger partial charge in [0.05, 0.1) is 5.70 Å². The molecule has 0 fully saturated rings. The van der Waals surface area contributed by atoms with Crippen molar-refractivity contribution in [3.63, 3.8) is 0 Å². The van der Waals surface area contributed by atoms with Gasteiger partial charge in [-0.05, 0) is 24.3 Å². The monoisotopic (exact) mass is 151 g/mol. The summed E-state index contributed by atoms with van der Waals surface area (Å²) in [6.07, 6.45) is 2.34. The third-order valence-electron chi connectivity index (χ3n) is 2.58. The highest BCUT2D eigenvalue weighted by molar-refractivity contribution is 5.29. The van der Waals surface area contributed by atoms with E-state index in [1.54, 1.807) is 0 Å². The first-order valence-corrected chi connectivity index (χ1v) is 4.16. The summed E-state index contributed by atoms with van der Waals surface area (Å²) in [5, 5.41) is 8.24. The van der Waals surface area contributed by atoms with E-state index in [1.807, 2.05) is 0 Å². The van der Waals surface area contributed by atoms with Gasteiger partial charge in [0.1, 0.15) is 6.04 Å². The second-order valence-corrected chi connectivity index (χ2v) is 3.31. The van der Waals surface area contributed by atoms with Crippen molar-refractivity contribution in [3.8, 4) is 0 Å². The second kappa shape index (κ2) is 2.41. The van der Waals surface area contributed by atoms with E-state index in [9.17, 15) is 0 Å². The fraction of sp³-hybridized carbons (Fsp3) is 0.750. The molecular formula is C8H13N3. The summed E-state index contributed by atoms with van der Waals surface area (Å²) in [5.41, 5.74) is 8.19. The van der Waals surface area contributed by atoms with Crippen LogP contribution in [0.25, 0.3) is 0 Å². The van der Waals surface area contributed by atoms with Gasteiger partial charge in [-0.15, -0.1) is 0 Å². The molecule has 11 heavy (non-hydrogen) atoms. The van der Waals surface area contributed by atoms with Gasteiger partial charge < -0.3 is 5.73 Å². The average molecular weight is 151 g/mol. The number of rotatable bonds is 1. The van der Waals surface area contributed by atoms with Crippen molar-refractivity contribution >= 4 is 0 Å². The van der Waals surface area contributed by atoms with Crippen LogP contribution in [0.4, 0.5) is 0 Å². The maximum atomic E-state index is 5.56. The van der Waals surface area contributed by atoms with Crippen LogP contribution in [0.5, 0.6) is 0 Å². The molecule has 60 valence electrons. The van der Waals surface area contributed by atoms with Gasteiger partial charge in [0, 0.05) is 6.54 Å². The van der Waals surface area contributed by atoms with Crippen LogP contribution >= 0.6 is 0 Å². The minimum Gasteiger partial charge on any atom is -0.328 e. The molecule has 3 heteroatoms. The number of hydrogen-bond donors (Lipinski definition) is 1. The number of azo groups is 1. The van der Waals surface area contributed by atoms with Crippen molar-refractivity contribution in [2.24, 2.45) is 21.9 Å². The molecule has 0 aromatic carbocycles. The molecule has 3 nitrogen and oxygen atoms in total. The third kappa shape index (κ3) is 0.913. The molecule has 2 atom stereocenters. The molecule has 0 amide bonds. The topological polar surface area (TPSA) is 50.7 Å². The van der Waals surface area contributed by atoms with Gasteiger partial charge in [-0.25, -0.2) is 0 Å². The quantitative estimate of drug-likeness (QED) is 0.606. The maximum Gasteiger partial charge on any atom is 0.107 e. The molecule has 0 aromatic heterocycles. The minimum absolute atomic E-state index is 0.211. The van der Waals surface area contributed by atoms with Crippen LogP contribution in [0.15, 0.2) is 21.5 Å². The number of nitrogens with zero attached hydrogens (tertiary/aromatic N) is 2. The van der Waals surface area contributed by atoms with Gasteiger partial charge in [-0.2, -0.15) is 10.2 Å². The first kappa shape index (κ1) is 6.98. The zero-order chi connectivity index (χ0) is 7.84. The van der Waals surface area contributed by atoms with E-state index in [0.717, 1.165) is 6.42 Å². The summed E-state index contributed by atoms with van der Waals surface area (Å²) >= 11 is 0. The fourth-order valence-electron chi connectivity index (χ4n) is 1.94. The van der Waals surface area contributed by atoms with Gasteiger partial charge in [0.15, 0.2) is 0 Å².